The number of hydrogen-bond donors (Lipinski definition) is 2. The summed E-state index contributed by atoms with van der Waals surface area (Å²) in [5.41, 5.74) is 1.42. The van der Waals surface area contributed by atoms with E-state index in [0.29, 0.717) is 31.6 Å². The number of fused-ring (bicyclic) bond motifs is 1. The maximum atomic E-state index is 13.6. The number of aliphatic hydroxyl groups is 1. The molecular weight excluding hydrogens is 390 g/mol. The van der Waals surface area contributed by atoms with Gasteiger partial charge in [0.15, 0.2) is 0 Å². The summed E-state index contributed by atoms with van der Waals surface area (Å²) in [6.07, 6.45) is 4.54. The molecule has 0 unspecified atom stereocenters. The Kier molecular flexibility index (Phi) is 5.18. The molecule has 6 nitrogen and oxygen atoms in total. The molecule has 5 rings (SSSR count). The van der Waals surface area contributed by atoms with Crippen LogP contribution in [-0.4, -0.2) is 47.6 Å². The van der Waals surface area contributed by atoms with Gasteiger partial charge in [-0.1, -0.05) is 49.2 Å². The lowest BCUT2D eigenvalue weighted by molar-refractivity contribution is -0.110. The minimum Gasteiger partial charge on any atom is -0.385 e. The number of carbonyl (C=O) groups excluding carboxylic acids is 2. The van der Waals surface area contributed by atoms with E-state index in [1.54, 1.807) is 4.90 Å². The maximum Gasteiger partial charge on any atom is 0.321 e. The zero-order chi connectivity index (χ0) is 21.4. The van der Waals surface area contributed by atoms with Crippen LogP contribution in [0.5, 0.6) is 0 Å². The minimum absolute atomic E-state index is 0.00605. The second-order valence-electron chi connectivity index (χ2n) is 8.93. The molecule has 0 bridgehead atoms. The van der Waals surface area contributed by atoms with Crippen LogP contribution in [-0.2, 0) is 5.60 Å². The molecule has 3 fully saturated rings. The Morgan fingerprint density at radius 2 is 1.84 bits per heavy atom. The highest BCUT2D eigenvalue weighted by molar-refractivity contribution is 5.98. The van der Waals surface area contributed by atoms with Crippen LogP contribution in [0.15, 0.2) is 54.6 Å². The highest BCUT2D eigenvalue weighted by Crippen LogP contribution is 2.47. The number of carbonyl (C=O) groups is 2. The van der Waals surface area contributed by atoms with Gasteiger partial charge in [-0.25, -0.2) is 4.79 Å². The van der Waals surface area contributed by atoms with Gasteiger partial charge in [-0.2, -0.15) is 0 Å². The van der Waals surface area contributed by atoms with Gasteiger partial charge in [0.1, 0.15) is 0 Å². The molecule has 162 valence electrons. The van der Waals surface area contributed by atoms with E-state index in [9.17, 15) is 14.7 Å². The average molecular weight is 420 g/mol. The lowest BCUT2D eigenvalue weighted by atomic mass is 9.66. The first kappa shape index (κ1) is 20.1. The Morgan fingerprint density at radius 1 is 1.03 bits per heavy atom. The van der Waals surface area contributed by atoms with E-state index in [-0.39, 0.29) is 23.9 Å². The molecular formula is C25H29N3O3. The standard InChI is InChI=1S/C25H29N3O3/c29-23(18-7-6-10-20(17-18)27-16-14-26-24(27)30)28-15-13-25(31,19-8-2-1-3-9-19)21-11-4-5-12-22(21)28/h1-3,6-10,17,21-22,31H,4-5,11-16H2,(H,26,30)/t21-,22+,25+/m0/s1. The van der Waals surface area contributed by atoms with Gasteiger partial charge in [-0.3, -0.25) is 9.69 Å². The number of likely N-dealkylation sites (tertiary alicyclic amines) is 1. The second kappa shape index (κ2) is 8.00. The van der Waals surface area contributed by atoms with E-state index in [0.717, 1.165) is 36.9 Å². The van der Waals surface area contributed by atoms with Crippen molar-refractivity contribution in [1.82, 2.24) is 10.2 Å². The minimum atomic E-state index is -0.890. The van der Waals surface area contributed by atoms with Gasteiger partial charge in [0.05, 0.1) is 5.60 Å². The number of benzene rings is 2. The summed E-state index contributed by atoms with van der Waals surface area (Å²) in [5.74, 6) is 0.0300. The summed E-state index contributed by atoms with van der Waals surface area (Å²) >= 11 is 0. The number of amides is 3. The van der Waals surface area contributed by atoms with Crippen LogP contribution in [0.2, 0.25) is 0 Å². The van der Waals surface area contributed by atoms with Crippen LogP contribution in [0.25, 0.3) is 0 Å². The smallest absolute Gasteiger partial charge is 0.321 e. The molecule has 3 atom stereocenters. The third-order valence-electron chi connectivity index (χ3n) is 7.27. The zero-order valence-corrected chi connectivity index (χ0v) is 17.7. The zero-order valence-electron chi connectivity index (χ0n) is 17.7. The lowest BCUT2D eigenvalue weighted by Crippen LogP contribution is -2.59. The van der Waals surface area contributed by atoms with E-state index in [2.05, 4.69) is 5.32 Å². The lowest BCUT2D eigenvalue weighted by Gasteiger charge is -2.52. The molecule has 0 spiro atoms. The first-order valence-electron chi connectivity index (χ1n) is 11.3. The Hall–Kier alpha value is -2.86. The van der Waals surface area contributed by atoms with E-state index >= 15 is 0 Å². The SMILES string of the molecule is O=C1NCCN1c1cccc(C(=O)N2CC[C@@](O)(c3ccccc3)[C@H]3CCCC[C@H]32)c1. The Bertz CT molecular complexity index is 979. The Labute approximate surface area is 182 Å². The molecule has 6 heteroatoms. The fourth-order valence-corrected chi connectivity index (χ4v) is 5.71. The van der Waals surface area contributed by atoms with Gasteiger partial charge in [-0.05, 0) is 43.0 Å². The van der Waals surface area contributed by atoms with Crippen molar-refractivity contribution < 1.29 is 14.7 Å². The summed E-state index contributed by atoms with van der Waals surface area (Å²) in [6, 6.07) is 17.2. The summed E-state index contributed by atoms with van der Waals surface area (Å²) in [7, 11) is 0. The topological polar surface area (TPSA) is 72.9 Å². The normalized spacial score (nSPS) is 28.2. The van der Waals surface area contributed by atoms with Gasteiger partial charge in [0.25, 0.3) is 5.91 Å². The van der Waals surface area contributed by atoms with Crippen molar-refractivity contribution in [2.45, 2.75) is 43.7 Å². The molecule has 3 amide bonds. The van der Waals surface area contributed by atoms with Crippen molar-refractivity contribution in [3.8, 4) is 0 Å². The van der Waals surface area contributed by atoms with Crippen LogP contribution < -0.4 is 10.2 Å². The Balaban J connectivity index is 1.42. The predicted molar refractivity (Wildman–Crippen MR) is 119 cm³/mol. The summed E-state index contributed by atoms with van der Waals surface area (Å²) in [4.78, 5) is 29.3. The molecule has 2 heterocycles. The monoisotopic (exact) mass is 419 g/mol. The highest BCUT2D eigenvalue weighted by atomic mass is 16.3. The third-order valence-corrected chi connectivity index (χ3v) is 7.27. The Morgan fingerprint density at radius 3 is 2.61 bits per heavy atom. The molecule has 2 aromatic rings. The maximum absolute atomic E-state index is 13.6. The van der Waals surface area contributed by atoms with Gasteiger partial charge < -0.3 is 15.3 Å². The third kappa shape index (κ3) is 3.49. The number of anilines is 1. The molecule has 2 aliphatic heterocycles. The van der Waals surface area contributed by atoms with Crippen molar-refractivity contribution in [2.75, 3.05) is 24.5 Å². The van der Waals surface area contributed by atoms with Crippen LogP contribution in [0, 0.1) is 5.92 Å². The second-order valence-corrected chi connectivity index (χ2v) is 8.93. The van der Waals surface area contributed by atoms with Crippen molar-refractivity contribution in [1.29, 1.82) is 0 Å². The number of urea groups is 1. The number of nitrogens with one attached hydrogen (secondary N) is 1. The number of piperidine rings is 1. The largest absolute Gasteiger partial charge is 0.385 e. The van der Waals surface area contributed by atoms with E-state index in [4.69, 9.17) is 0 Å². The van der Waals surface area contributed by atoms with E-state index in [1.807, 2.05) is 59.5 Å². The van der Waals surface area contributed by atoms with Gasteiger partial charge >= 0.3 is 6.03 Å². The molecule has 1 aliphatic carbocycles. The summed E-state index contributed by atoms with van der Waals surface area (Å²) in [5, 5.41) is 14.5. The van der Waals surface area contributed by atoms with Crippen LogP contribution in [0.4, 0.5) is 10.5 Å². The molecule has 0 aromatic heterocycles. The van der Waals surface area contributed by atoms with Gasteiger partial charge in [0, 0.05) is 42.8 Å². The van der Waals surface area contributed by atoms with Crippen LogP contribution >= 0.6 is 0 Å². The number of rotatable bonds is 3. The molecule has 3 aliphatic rings. The fraction of sp³-hybridized carbons (Fsp3) is 0.440. The van der Waals surface area contributed by atoms with Crippen molar-refractivity contribution in [2.24, 2.45) is 5.92 Å². The van der Waals surface area contributed by atoms with Crippen LogP contribution in [0.3, 0.4) is 0 Å². The summed E-state index contributed by atoms with van der Waals surface area (Å²) < 4.78 is 0. The van der Waals surface area contributed by atoms with Crippen molar-refractivity contribution in [3.63, 3.8) is 0 Å². The number of nitrogens with zero attached hydrogens (tertiary/aromatic N) is 2. The molecule has 2 aromatic carbocycles. The molecule has 1 saturated carbocycles. The van der Waals surface area contributed by atoms with Gasteiger partial charge in [0.2, 0.25) is 0 Å². The average Bonchev–Trinajstić information content (AvgIpc) is 3.26. The van der Waals surface area contributed by atoms with Gasteiger partial charge in [-0.15, -0.1) is 0 Å². The van der Waals surface area contributed by atoms with Crippen molar-refractivity contribution in [3.05, 3.63) is 65.7 Å². The quantitative estimate of drug-likeness (QED) is 0.800. The van der Waals surface area contributed by atoms with E-state index in [1.165, 1.54) is 0 Å². The predicted octanol–water partition coefficient (Wildman–Crippen LogP) is 3.51. The highest BCUT2D eigenvalue weighted by Gasteiger charge is 2.50. The summed E-state index contributed by atoms with van der Waals surface area (Å²) in [6.45, 7) is 1.75. The van der Waals surface area contributed by atoms with E-state index < -0.39 is 5.60 Å². The first-order chi connectivity index (χ1) is 15.1. The van der Waals surface area contributed by atoms with Crippen LogP contribution in [0.1, 0.15) is 48.0 Å². The fourth-order valence-electron chi connectivity index (χ4n) is 5.71. The molecule has 0 radical (unpaired) electrons. The number of hydrogen-bond acceptors (Lipinski definition) is 3. The molecule has 2 saturated heterocycles. The molecule has 2 N–H and O–H groups in total. The van der Waals surface area contributed by atoms with Crippen molar-refractivity contribution >= 4 is 17.6 Å². The molecule has 31 heavy (non-hydrogen) atoms. The first-order valence-corrected chi connectivity index (χ1v) is 11.3.